The number of hydrogen-bond donors (Lipinski definition) is 0. The van der Waals surface area contributed by atoms with E-state index in [1.54, 1.807) is 12.1 Å². The second-order valence-corrected chi connectivity index (χ2v) is 6.35. The van der Waals surface area contributed by atoms with Crippen LogP contribution in [0, 0.1) is 15.9 Å². The van der Waals surface area contributed by atoms with Gasteiger partial charge in [0.15, 0.2) is 0 Å². The number of nitro benzene ring substituents is 1. The van der Waals surface area contributed by atoms with E-state index in [-0.39, 0.29) is 22.4 Å². The van der Waals surface area contributed by atoms with E-state index in [2.05, 4.69) is 0 Å². The number of thioether (sulfide) groups is 1. The highest BCUT2D eigenvalue weighted by atomic mass is 35.5. The summed E-state index contributed by atoms with van der Waals surface area (Å²) in [6, 6.07) is 10.2. The number of non-ortho nitro benzene ring substituents is 1. The number of carbonyl (C=O) groups excluding carboxylic acids is 1. The van der Waals surface area contributed by atoms with Gasteiger partial charge in [-0.2, -0.15) is 0 Å². The molecule has 0 spiro atoms. The Labute approximate surface area is 140 Å². The summed E-state index contributed by atoms with van der Waals surface area (Å²) < 4.78 is 13.3. The third kappa shape index (κ3) is 3.02. The molecule has 8 heteroatoms. The highest BCUT2D eigenvalue weighted by molar-refractivity contribution is 8.00. The highest BCUT2D eigenvalue weighted by Crippen LogP contribution is 2.43. The maximum atomic E-state index is 13.3. The fourth-order valence-corrected chi connectivity index (χ4v) is 3.72. The molecule has 0 bridgehead atoms. The molecule has 23 heavy (non-hydrogen) atoms. The van der Waals surface area contributed by atoms with Crippen molar-refractivity contribution in [2.45, 2.75) is 5.37 Å². The van der Waals surface area contributed by atoms with Gasteiger partial charge >= 0.3 is 0 Å². The van der Waals surface area contributed by atoms with Crippen molar-refractivity contribution in [2.24, 2.45) is 0 Å². The zero-order valence-corrected chi connectivity index (χ0v) is 13.2. The van der Waals surface area contributed by atoms with Crippen LogP contribution in [0.4, 0.5) is 15.8 Å². The van der Waals surface area contributed by atoms with Gasteiger partial charge in [0.05, 0.1) is 15.7 Å². The van der Waals surface area contributed by atoms with Crippen molar-refractivity contribution in [1.82, 2.24) is 0 Å². The number of amides is 1. The number of halogens is 2. The first-order valence-corrected chi connectivity index (χ1v) is 8.03. The van der Waals surface area contributed by atoms with E-state index >= 15 is 0 Å². The van der Waals surface area contributed by atoms with Crippen molar-refractivity contribution in [3.8, 4) is 0 Å². The Balaban J connectivity index is 2.01. The highest BCUT2D eigenvalue weighted by Gasteiger charge is 2.34. The number of anilines is 1. The average Bonchev–Trinajstić information content (AvgIpc) is 2.92. The smallest absolute Gasteiger partial charge is 0.269 e. The van der Waals surface area contributed by atoms with Gasteiger partial charge in [0.1, 0.15) is 11.2 Å². The lowest BCUT2D eigenvalue weighted by molar-refractivity contribution is -0.384. The van der Waals surface area contributed by atoms with E-state index in [0.717, 1.165) is 0 Å². The zero-order chi connectivity index (χ0) is 16.6. The first-order chi connectivity index (χ1) is 11.0. The lowest BCUT2D eigenvalue weighted by Gasteiger charge is -2.24. The summed E-state index contributed by atoms with van der Waals surface area (Å²) in [5, 5.41) is 10.4. The first kappa shape index (κ1) is 15.8. The Morgan fingerprint density at radius 2 is 2.09 bits per heavy atom. The van der Waals surface area contributed by atoms with Gasteiger partial charge in [-0.15, -0.1) is 11.8 Å². The molecular formula is C15H10ClFN2O3S. The summed E-state index contributed by atoms with van der Waals surface area (Å²) in [4.78, 5) is 24.1. The zero-order valence-electron chi connectivity index (χ0n) is 11.6. The van der Waals surface area contributed by atoms with E-state index in [4.69, 9.17) is 11.6 Å². The monoisotopic (exact) mass is 352 g/mol. The van der Waals surface area contributed by atoms with E-state index in [0.29, 0.717) is 11.3 Å². The summed E-state index contributed by atoms with van der Waals surface area (Å²) in [6.07, 6.45) is 0. The van der Waals surface area contributed by atoms with Gasteiger partial charge in [-0.05, 0) is 23.8 Å². The van der Waals surface area contributed by atoms with E-state index in [9.17, 15) is 19.3 Å². The molecule has 2 aromatic carbocycles. The molecule has 1 heterocycles. The predicted octanol–water partition coefficient (Wildman–Crippen LogP) is 4.17. The van der Waals surface area contributed by atoms with Crippen molar-refractivity contribution >= 4 is 40.6 Å². The molecule has 1 amide bonds. The molecular weight excluding hydrogens is 343 g/mol. The number of nitrogens with zero attached hydrogens (tertiary/aromatic N) is 2. The molecule has 118 valence electrons. The minimum absolute atomic E-state index is 0.0421. The van der Waals surface area contributed by atoms with Crippen LogP contribution < -0.4 is 4.90 Å². The quantitative estimate of drug-likeness (QED) is 0.614. The van der Waals surface area contributed by atoms with Gasteiger partial charge in [0.2, 0.25) is 5.91 Å². The van der Waals surface area contributed by atoms with E-state index in [1.807, 2.05) is 0 Å². The summed E-state index contributed by atoms with van der Waals surface area (Å²) in [7, 11) is 0. The average molecular weight is 353 g/mol. The molecule has 0 saturated carbocycles. The van der Waals surface area contributed by atoms with Crippen LogP contribution in [0.3, 0.4) is 0 Å². The largest absolute Gasteiger partial charge is 0.295 e. The molecule has 1 aliphatic rings. The molecule has 0 radical (unpaired) electrons. The Kier molecular flexibility index (Phi) is 4.23. The third-order valence-electron chi connectivity index (χ3n) is 3.42. The number of rotatable bonds is 3. The van der Waals surface area contributed by atoms with Crippen molar-refractivity contribution < 1.29 is 14.1 Å². The van der Waals surface area contributed by atoms with Crippen LogP contribution in [0.2, 0.25) is 5.02 Å². The SMILES string of the molecule is O=C1CS[C@H](c2cccc([N+](=O)[O-])c2)N1c1ccc(F)c(Cl)c1. The van der Waals surface area contributed by atoms with Crippen molar-refractivity contribution in [3.05, 3.63) is 69.0 Å². The summed E-state index contributed by atoms with van der Waals surface area (Å²) >= 11 is 7.15. The Morgan fingerprint density at radius 1 is 1.30 bits per heavy atom. The maximum absolute atomic E-state index is 13.3. The molecule has 0 unspecified atom stereocenters. The summed E-state index contributed by atoms with van der Waals surface area (Å²) in [5.74, 6) is -0.488. The standard InChI is InChI=1S/C15H10ClFN2O3S/c16-12-7-10(4-5-13(12)17)18-14(20)8-23-15(18)9-2-1-3-11(6-9)19(21)22/h1-7,15H,8H2/t15-/m1/s1. The van der Waals surface area contributed by atoms with Gasteiger partial charge < -0.3 is 0 Å². The second kappa shape index (κ2) is 6.17. The van der Waals surface area contributed by atoms with Crippen LogP contribution in [0.5, 0.6) is 0 Å². The molecule has 1 fully saturated rings. The fraction of sp³-hybridized carbons (Fsp3) is 0.133. The molecule has 1 aliphatic heterocycles. The predicted molar refractivity (Wildman–Crippen MR) is 87.2 cm³/mol. The number of nitro groups is 1. The summed E-state index contributed by atoms with van der Waals surface area (Å²) in [6.45, 7) is 0. The molecule has 1 saturated heterocycles. The van der Waals surface area contributed by atoms with Gasteiger partial charge in [0.25, 0.3) is 5.69 Å². The maximum Gasteiger partial charge on any atom is 0.269 e. The van der Waals surface area contributed by atoms with Crippen LogP contribution in [0.15, 0.2) is 42.5 Å². The topological polar surface area (TPSA) is 63.4 Å². The van der Waals surface area contributed by atoms with Crippen LogP contribution in [0.1, 0.15) is 10.9 Å². The lowest BCUT2D eigenvalue weighted by atomic mass is 10.1. The number of benzene rings is 2. The fourth-order valence-electron chi connectivity index (χ4n) is 2.38. The van der Waals surface area contributed by atoms with E-state index < -0.39 is 16.1 Å². The Bertz CT molecular complexity index is 802. The van der Waals surface area contributed by atoms with Gasteiger partial charge in [-0.1, -0.05) is 23.7 Å². The third-order valence-corrected chi connectivity index (χ3v) is 4.92. The van der Waals surface area contributed by atoms with Crippen LogP contribution in [-0.2, 0) is 4.79 Å². The Hall–Kier alpha value is -2.12. The Morgan fingerprint density at radius 3 is 2.78 bits per heavy atom. The van der Waals surface area contributed by atoms with Crippen molar-refractivity contribution in [3.63, 3.8) is 0 Å². The van der Waals surface area contributed by atoms with Crippen molar-refractivity contribution in [2.75, 3.05) is 10.7 Å². The minimum Gasteiger partial charge on any atom is -0.295 e. The molecule has 2 aromatic rings. The molecule has 0 aliphatic carbocycles. The van der Waals surface area contributed by atoms with Gasteiger partial charge in [-0.3, -0.25) is 19.8 Å². The minimum atomic E-state index is -0.568. The van der Waals surface area contributed by atoms with Crippen LogP contribution in [-0.4, -0.2) is 16.6 Å². The van der Waals surface area contributed by atoms with Gasteiger partial charge in [-0.25, -0.2) is 4.39 Å². The molecule has 3 rings (SSSR count). The van der Waals surface area contributed by atoms with Crippen molar-refractivity contribution in [1.29, 1.82) is 0 Å². The molecule has 5 nitrogen and oxygen atoms in total. The normalized spacial score (nSPS) is 17.6. The second-order valence-electron chi connectivity index (χ2n) is 4.88. The molecule has 0 aromatic heterocycles. The van der Waals surface area contributed by atoms with Crippen LogP contribution in [0.25, 0.3) is 0 Å². The number of carbonyl (C=O) groups is 1. The van der Waals surface area contributed by atoms with Gasteiger partial charge in [0, 0.05) is 17.8 Å². The lowest BCUT2D eigenvalue weighted by Crippen LogP contribution is -2.27. The van der Waals surface area contributed by atoms with E-state index in [1.165, 1.54) is 47.0 Å². The summed E-state index contributed by atoms with van der Waals surface area (Å²) in [5.41, 5.74) is 1.05. The first-order valence-electron chi connectivity index (χ1n) is 6.60. The number of hydrogen-bond acceptors (Lipinski definition) is 4. The molecule has 1 atom stereocenters. The van der Waals surface area contributed by atoms with Crippen LogP contribution >= 0.6 is 23.4 Å². The molecule has 0 N–H and O–H groups in total.